The van der Waals surface area contributed by atoms with E-state index in [1.54, 1.807) is 48.7 Å². The van der Waals surface area contributed by atoms with Gasteiger partial charge in [0.1, 0.15) is 19.0 Å². The van der Waals surface area contributed by atoms with Crippen molar-refractivity contribution in [1.29, 1.82) is 0 Å². The molecule has 0 radical (unpaired) electrons. The molecule has 8 nitrogen and oxygen atoms in total. The number of thiazole rings is 1. The summed E-state index contributed by atoms with van der Waals surface area (Å²) in [6.07, 6.45) is 2.70. The molecule has 0 spiro atoms. The lowest BCUT2D eigenvalue weighted by molar-refractivity contribution is 0.0982. The Morgan fingerprint density at radius 1 is 1.09 bits per heavy atom. The lowest BCUT2D eigenvalue weighted by atomic mass is 10.1. The number of amides is 1. The normalized spacial score (nSPS) is 13.3. The molecule has 1 aliphatic rings. The topological polar surface area (TPSA) is 98.9 Å². The predicted octanol–water partition coefficient (Wildman–Crippen LogP) is 3.91. The number of furan rings is 1. The van der Waals surface area contributed by atoms with Crippen LogP contribution in [0.4, 0.5) is 5.13 Å². The quantitative estimate of drug-likeness (QED) is 0.436. The van der Waals surface area contributed by atoms with Gasteiger partial charge in [0.2, 0.25) is 0 Å². The van der Waals surface area contributed by atoms with Crippen LogP contribution in [0.5, 0.6) is 11.5 Å². The lowest BCUT2D eigenvalue weighted by Gasteiger charge is -2.21. The van der Waals surface area contributed by atoms with Crippen LogP contribution in [0, 0.1) is 0 Å². The summed E-state index contributed by atoms with van der Waals surface area (Å²) in [6.45, 7) is 1.05. The number of hydrogen-bond donors (Lipinski definition) is 0. The molecule has 32 heavy (non-hydrogen) atoms. The zero-order chi connectivity index (χ0) is 22.3. The van der Waals surface area contributed by atoms with Gasteiger partial charge in [-0.2, -0.15) is 0 Å². The molecule has 1 aliphatic heterocycles. The summed E-state index contributed by atoms with van der Waals surface area (Å²) < 4.78 is 41.1. The van der Waals surface area contributed by atoms with Crippen molar-refractivity contribution in [2.45, 2.75) is 11.4 Å². The third-order valence-electron chi connectivity index (χ3n) is 4.94. The smallest absolute Gasteiger partial charge is 0.260 e. The molecule has 2 aromatic carbocycles. The third kappa shape index (κ3) is 3.94. The molecule has 3 heterocycles. The Labute approximate surface area is 187 Å². The van der Waals surface area contributed by atoms with Crippen molar-refractivity contribution in [3.8, 4) is 11.5 Å². The van der Waals surface area contributed by atoms with E-state index < -0.39 is 9.84 Å². The van der Waals surface area contributed by atoms with E-state index in [0.717, 1.165) is 6.26 Å². The van der Waals surface area contributed by atoms with Crippen molar-refractivity contribution < 1.29 is 27.1 Å². The average molecular weight is 471 g/mol. The first kappa shape index (κ1) is 20.5. The van der Waals surface area contributed by atoms with Crippen molar-refractivity contribution in [2.75, 3.05) is 24.4 Å². The summed E-state index contributed by atoms with van der Waals surface area (Å²) >= 11 is 1.24. The number of rotatable bonds is 5. The fourth-order valence-corrected chi connectivity index (χ4v) is 5.08. The highest BCUT2D eigenvalue weighted by Gasteiger charge is 2.25. The maximum absolute atomic E-state index is 13.5. The molecule has 0 fully saturated rings. The van der Waals surface area contributed by atoms with Crippen molar-refractivity contribution in [3.63, 3.8) is 0 Å². The van der Waals surface area contributed by atoms with Gasteiger partial charge in [0, 0.05) is 11.8 Å². The predicted molar refractivity (Wildman–Crippen MR) is 119 cm³/mol. The maximum atomic E-state index is 13.5. The Morgan fingerprint density at radius 2 is 1.91 bits per heavy atom. The number of carbonyl (C=O) groups is 1. The highest BCUT2D eigenvalue weighted by molar-refractivity contribution is 7.90. The van der Waals surface area contributed by atoms with Gasteiger partial charge in [0.15, 0.2) is 26.5 Å². The molecule has 1 amide bonds. The molecule has 10 heteroatoms. The molecule has 0 aliphatic carbocycles. The first-order chi connectivity index (χ1) is 15.4. The van der Waals surface area contributed by atoms with E-state index in [1.807, 2.05) is 0 Å². The molecular formula is C22H18N2O6S2. The molecule has 0 saturated heterocycles. The van der Waals surface area contributed by atoms with Crippen LogP contribution < -0.4 is 14.4 Å². The van der Waals surface area contributed by atoms with Gasteiger partial charge in [0.05, 0.1) is 27.9 Å². The summed E-state index contributed by atoms with van der Waals surface area (Å²) in [4.78, 5) is 19.8. The second-order valence-corrected chi connectivity index (χ2v) is 10.3. The second kappa shape index (κ2) is 7.95. The van der Waals surface area contributed by atoms with Crippen LogP contribution in [-0.2, 0) is 16.4 Å². The van der Waals surface area contributed by atoms with E-state index in [0.29, 0.717) is 51.4 Å². The molecule has 2 aromatic heterocycles. The van der Waals surface area contributed by atoms with Crippen molar-refractivity contribution >= 4 is 42.4 Å². The first-order valence-electron chi connectivity index (χ1n) is 9.73. The Hall–Kier alpha value is -3.37. The van der Waals surface area contributed by atoms with Crippen LogP contribution in [0.1, 0.15) is 16.1 Å². The highest BCUT2D eigenvalue weighted by atomic mass is 32.2. The Balaban J connectivity index is 1.56. The molecule has 0 saturated carbocycles. The third-order valence-corrected chi connectivity index (χ3v) is 7.09. The SMILES string of the molecule is CS(=O)(=O)c1ccc2nc(N(Cc3ccco3)C(=O)c3ccc4c(c3)OCCO4)sc2c1. The highest BCUT2D eigenvalue weighted by Crippen LogP contribution is 2.35. The molecule has 0 unspecified atom stereocenters. The van der Waals surface area contributed by atoms with Gasteiger partial charge >= 0.3 is 0 Å². The number of benzene rings is 2. The monoisotopic (exact) mass is 470 g/mol. The van der Waals surface area contributed by atoms with Gasteiger partial charge in [-0.1, -0.05) is 11.3 Å². The summed E-state index contributed by atoms with van der Waals surface area (Å²) in [5, 5.41) is 0.432. The lowest BCUT2D eigenvalue weighted by Crippen LogP contribution is -2.30. The Kier molecular flexibility index (Phi) is 5.10. The van der Waals surface area contributed by atoms with Crippen molar-refractivity contribution in [1.82, 2.24) is 4.98 Å². The van der Waals surface area contributed by atoms with Crippen LogP contribution >= 0.6 is 11.3 Å². The first-order valence-corrected chi connectivity index (χ1v) is 12.4. The minimum absolute atomic E-state index is 0.166. The van der Waals surface area contributed by atoms with Gasteiger partial charge in [-0.3, -0.25) is 9.69 Å². The van der Waals surface area contributed by atoms with Gasteiger partial charge in [0.25, 0.3) is 5.91 Å². The number of carbonyl (C=O) groups excluding carboxylic acids is 1. The zero-order valence-corrected chi connectivity index (χ0v) is 18.6. The number of ether oxygens (including phenoxy) is 2. The van der Waals surface area contributed by atoms with Crippen LogP contribution in [0.15, 0.2) is 64.1 Å². The molecule has 4 aromatic rings. The number of hydrogen-bond acceptors (Lipinski definition) is 8. The summed E-state index contributed by atoms with van der Waals surface area (Å²) in [7, 11) is -3.36. The minimum atomic E-state index is -3.36. The largest absolute Gasteiger partial charge is 0.486 e. The minimum Gasteiger partial charge on any atom is -0.486 e. The number of nitrogens with zero attached hydrogens (tertiary/aromatic N) is 2. The van der Waals surface area contributed by atoms with Crippen LogP contribution in [0.3, 0.4) is 0 Å². The zero-order valence-electron chi connectivity index (χ0n) is 17.0. The summed E-state index contributed by atoms with van der Waals surface area (Å²) in [6, 6.07) is 13.3. The number of fused-ring (bicyclic) bond motifs is 2. The molecule has 164 valence electrons. The summed E-state index contributed by atoms with van der Waals surface area (Å²) in [5.74, 6) is 1.41. The number of aromatic nitrogens is 1. The van der Waals surface area contributed by atoms with E-state index in [9.17, 15) is 13.2 Å². The molecular weight excluding hydrogens is 452 g/mol. The van der Waals surface area contributed by atoms with Crippen LogP contribution in [-0.4, -0.2) is 38.8 Å². The van der Waals surface area contributed by atoms with E-state index in [2.05, 4.69) is 4.98 Å². The van der Waals surface area contributed by atoms with Crippen molar-refractivity contribution in [2.24, 2.45) is 0 Å². The van der Waals surface area contributed by atoms with E-state index in [-0.39, 0.29) is 17.3 Å². The average Bonchev–Trinajstić information content (AvgIpc) is 3.45. The van der Waals surface area contributed by atoms with E-state index >= 15 is 0 Å². The Morgan fingerprint density at radius 3 is 2.66 bits per heavy atom. The van der Waals surface area contributed by atoms with Crippen LogP contribution in [0.25, 0.3) is 10.2 Å². The summed E-state index contributed by atoms with van der Waals surface area (Å²) in [5.41, 5.74) is 1.02. The standard InChI is InChI=1S/C22H18N2O6S2/c1-32(26,27)16-5-6-17-20(12-16)31-22(23-17)24(13-15-3-2-8-28-15)21(25)14-4-7-18-19(11-14)30-10-9-29-18/h2-8,11-12H,9-10,13H2,1H3. The second-order valence-electron chi connectivity index (χ2n) is 7.23. The molecule has 0 atom stereocenters. The maximum Gasteiger partial charge on any atom is 0.260 e. The fourth-order valence-electron chi connectivity index (χ4n) is 3.36. The fraction of sp³-hybridized carbons (Fsp3) is 0.182. The van der Waals surface area contributed by atoms with Gasteiger partial charge in [-0.25, -0.2) is 13.4 Å². The van der Waals surface area contributed by atoms with Crippen LogP contribution in [0.2, 0.25) is 0 Å². The number of sulfone groups is 1. The van der Waals surface area contributed by atoms with Gasteiger partial charge < -0.3 is 13.9 Å². The Bertz CT molecular complexity index is 1410. The van der Waals surface area contributed by atoms with Gasteiger partial charge in [-0.05, 0) is 48.5 Å². The van der Waals surface area contributed by atoms with Gasteiger partial charge in [-0.15, -0.1) is 0 Å². The molecule has 0 N–H and O–H groups in total. The van der Waals surface area contributed by atoms with Crippen molar-refractivity contribution in [3.05, 3.63) is 66.1 Å². The van der Waals surface area contributed by atoms with E-state index in [1.165, 1.54) is 22.3 Å². The van der Waals surface area contributed by atoms with E-state index in [4.69, 9.17) is 13.9 Å². The molecule has 0 bridgehead atoms. The molecule has 5 rings (SSSR count). The number of anilines is 1.